The average Bonchev–Trinajstić information content (AvgIpc) is 2.27. The molecule has 0 aromatic rings. The van der Waals surface area contributed by atoms with Crippen LogP contribution in [0.2, 0.25) is 0 Å². The number of amides is 3. The van der Waals surface area contributed by atoms with Crippen molar-refractivity contribution in [2.45, 2.75) is 31.0 Å². The first kappa shape index (κ1) is 17.8. The molecule has 0 aliphatic rings. The van der Waals surface area contributed by atoms with E-state index in [4.69, 9.17) is 17.3 Å². The third kappa shape index (κ3) is 7.70. The Kier molecular flexibility index (Phi) is 10.8. The van der Waals surface area contributed by atoms with Crippen LogP contribution in [-0.4, -0.2) is 22.1 Å². The molecule has 0 unspecified atom stereocenters. The van der Waals surface area contributed by atoms with E-state index in [1.165, 1.54) is 0 Å². The zero-order chi connectivity index (χ0) is 13.2. The molecule has 0 aliphatic carbocycles. The third-order valence-electron chi connectivity index (χ3n) is 1.87. The molecule has 0 spiro atoms. The fourth-order valence-corrected chi connectivity index (χ4v) is 0.894. The summed E-state index contributed by atoms with van der Waals surface area (Å²) in [5, 5.41) is 2.04. The molecule has 0 fully saturated rings. The largest absolute Gasteiger partial charge is 0.351 e. The van der Waals surface area contributed by atoms with Crippen molar-refractivity contribution in [3.05, 3.63) is 12.7 Å². The van der Waals surface area contributed by atoms with Gasteiger partial charge in [0, 0.05) is 5.88 Å². The number of allylic oxidation sites excluding steroid dienone is 1. The van der Waals surface area contributed by atoms with E-state index in [2.05, 4.69) is 22.5 Å². The first-order valence-corrected chi connectivity index (χ1v) is 6.17. The number of carbonyl (C=O) groups is 2. The van der Waals surface area contributed by atoms with Crippen molar-refractivity contribution in [3.8, 4) is 0 Å². The van der Waals surface area contributed by atoms with E-state index >= 15 is 0 Å². The Hall–Kier alpha value is -0.550. The number of imide groups is 1. The number of hydrogen-bond acceptors (Lipinski definition) is 2. The maximum Gasteiger partial charge on any atom is 0.318 e. The summed E-state index contributed by atoms with van der Waals surface area (Å²) < 4.78 is -0.665. The number of hydrogen-bond donors (Lipinski definition) is 2. The summed E-state index contributed by atoms with van der Waals surface area (Å²) >= 11 is 8.33. The molecule has 0 radical (unpaired) electrons. The van der Waals surface area contributed by atoms with Crippen LogP contribution in [-0.2, 0) is 4.79 Å². The molecular weight excluding hydrogens is 295 g/mol. The minimum absolute atomic E-state index is 0.375. The highest BCUT2D eigenvalue weighted by Gasteiger charge is 2.32. The second-order valence-electron chi connectivity index (χ2n) is 2.93. The lowest BCUT2D eigenvalue weighted by molar-refractivity contribution is -0.122. The first-order valence-electron chi connectivity index (χ1n) is 4.84. The molecule has 0 saturated carbocycles. The molecule has 0 saturated heterocycles. The van der Waals surface area contributed by atoms with Crippen molar-refractivity contribution in [3.63, 3.8) is 0 Å². The standard InChI is InChI=1S/C7H13BrN2O2.C3H5Cl/c1-3-7(8,4-2)5(11)10-6(9)12;1-2-3-4/h3-4H2,1-2H3,(H3,9,10,11,12);2H,1,3H2. The lowest BCUT2D eigenvalue weighted by atomic mass is 10.0. The maximum absolute atomic E-state index is 11.3. The highest BCUT2D eigenvalue weighted by atomic mass is 79.9. The Bertz CT molecular complexity index is 243. The van der Waals surface area contributed by atoms with Gasteiger partial charge in [-0.3, -0.25) is 10.1 Å². The number of alkyl halides is 2. The summed E-state index contributed by atoms with van der Waals surface area (Å²) in [6, 6.07) is -0.814. The lowest BCUT2D eigenvalue weighted by Crippen LogP contribution is -2.46. The predicted molar refractivity (Wildman–Crippen MR) is 70.9 cm³/mol. The summed E-state index contributed by atoms with van der Waals surface area (Å²) in [7, 11) is 0. The monoisotopic (exact) mass is 312 g/mol. The summed E-state index contributed by atoms with van der Waals surface area (Å²) in [6.45, 7) is 7.07. The minimum Gasteiger partial charge on any atom is -0.351 e. The fraction of sp³-hybridized carbons (Fsp3) is 0.600. The van der Waals surface area contributed by atoms with E-state index < -0.39 is 10.4 Å². The van der Waals surface area contributed by atoms with Gasteiger partial charge in [-0.15, -0.1) is 18.2 Å². The van der Waals surface area contributed by atoms with Crippen LogP contribution in [0.15, 0.2) is 12.7 Å². The predicted octanol–water partition coefficient (Wildman–Crippen LogP) is 2.55. The van der Waals surface area contributed by atoms with Gasteiger partial charge in [-0.25, -0.2) is 4.79 Å². The Morgan fingerprint density at radius 3 is 2.06 bits per heavy atom. The van der Waals surface area contributed by atoms with Crippen LogP contribution < -0.4 is 11.1 Å². The van der Waals surface area contributed by atoms with E-state index in [1.807, 2.05) is 19.2 Å². The normalized spacial score (nSPS) is 9.75. The van der Waals surface area contributed by atoms with Gasteiger partial charge in [0.25, 0.3) is 0 Å². The summed E-state index contributed by atoms with van der Waals surface area (Å²) in [5.74, 6) is 0.181. The van der Waals surface area contributed by atoms with E-state index in [0.717, 1.165) is 0 Å². The minimum atomic E-state index is -0.814. The highest BCUT2D eigenvalue weighted by molar-refractivity contribution is 9.10. The van der Waals surface area contributed by atoms with Gasteiger partial charge in [0.05, 0.1) is 0 Å². The van der Waals surface area contributed by atoms with Crippen molar-refractivity contribution in [1.29, 1.82) is 0 Å². The molecule has 0 atom stereocenters. The zero-order valence-corrected chi connectivity index (χ0v) is 11.9. The second-order valence-corrected chi connectivity index (χ2v) is 4.76. The van der Waals surface area contributed by atoms with Crippen molar-refractivity contribution >= 4 is 39.5 Å². The fourth-order valence-electron chi connectivity index (χ4n) is 0.795. The van der Waals surface area contributed by atoms with Gasteiger partial charge in [0.2, 0.25) is 5.91 Å². The zero-order valence-electron chi connectivity index (χ0n) is 9.56. The molecule has 0 aromatic carbocycles. The molecular formula is C10H18BrClN2O2. The number of halogens is 2. The van der Waals surface area contributed by atoms with Crippen LogP contribution in [0.1, 0.15) is 26.7 Å². The van der Waals surface area contributed by atoms with Gasteiger partial charge in [-0.05, 0) is 12.8 Å². The lowest BCUT2D eigenvalue weighted by Gasteiger charge is -2.21. The molecule has 3 N–H and O–H groups in total. The SMILES string of the molecule is C=CCCl.CCC(Br)(CC)C(=O)NC(N)=O. The number of carbonyl (C=O) groups excluding carboxylic acids is 2. The Labute approximate surface area is 110 Å². The van der Waals surface area contributed by atoms with Crippen LogP contribution in [0.5, 0.6) is 0 Å². The Morgan fingerprint density at radius 2 is 1.88 bits per heavy atom. The van der Waals surface area contributed by atoms with Crippen molar-refractivity contribution in [2.24, 2.45) is 5.73 Å². The number of primary amides is 1. The van der Waals surface area contributed by atoms with Crippen LogP contribution in [0.3, 0.4) is 0 Å². The molecule has 16 heavy (non-hydrogen) atoms. The van der Waals surface area contributed by atoms with Gasteiger partial charge < -0.3 is 5.73 Å². The van der Waals surface area contributed by atoms with Gasteiger partial charge in [0.15, 0.2) is 0 Å². The Balaban J connectivity index is 0. The molecule has 6 heteroatoms. The van der Waals surface area contributed by atoms with Crippen LogP contribution in [0.4, 0.5) is 4.79 Å². The van der Waals surface area contributed by atoms with Crippen LogP contribution in [0.25, 0.3) is 0 Å². The molecule has 4 nitrogen and oxygen atoms in total. The summed E-state index contributed by atoms with van der Waals surface area (Å²) in [5.41, 5.74) is 4.81. The van der Waals surface area contributed by atoms with E-state index in [0.29, 0.717) is 18.7 Å². The van der Waals surface area contributed by atoms with Crippen molar-refractivity contribution in [1.82, 2.24) is 5.32 Å². The Morgan fingerprint density at radius 1 is 1.50 bits per heavy atom. The summed E-state index contributed by atoms with van der Waals surface area (Å²) in [6.07, 6.45) is 2.87. The van der Waals surface area contributed by atoms with E-state index in [1.54, 1.807) is 6.08 Å². The molecule has 94 valence electrons. The summed E-state index contributed by atoms with van der Waals surface area (Å²) in [4.78, 5) is 21.6. The maximum atomic E-state index is 11.3. The molecule has 0 aromatic heterocycles. The van der Waals surface area contributed by atoms with Crippen LogP contribution in [0, 0.1) is 0 Å². The van der Waals surface area contributed by atoms with Crippen LogP contribution >= 0.6 is 27.5 Å². The third-order valence-corrected chi connectivity index (χ3v) is 3.57. The smallest absolute Gasteiger partial charge is 0.318 e. The molecule has 3 amide bonds. The van der Waals surface area contributed by atoms with Crippen molar-refractivity contribution in [2.75, 3.05) is 5.88 Å². The number of nitrogens with two attached hydrogens (primary N) is 1. The average molecular weight is 314 g/mol. The highest BCUT2D eigenvalue weighted by Crippen LogP contribution is 2.26. The van der Waals surface area contributed by atoms with E-state index in [9.17, 15) is 9.59 Å². The quantitative estimate of drug-likeness (QED) is 0.618. The van der Waals surface area contributed by atoms with Gasteiger partial charge >= 0.3 is 6.03 Å². The van der Waals surface area contributed by atoms with Gasteiger partial charge in [-0.1, -0.05) is 35.9 Å². The molecule has 0 aliphatic heterocycles. The first-order chi connectivity index (χ1) is 7.37. The van der Waals surface area contributed by atoms with Crippen molar-refractivity contribution < 1.29 is 9.59 Å². The molecule has 0 bridgehead atoms. The molecule has 0 rings (SSSR count). The van der Waals surface area contributed by atoms with Gasteiger partial charge in [-0.2, -0.15) is 0 Å². The van der Waals surface area contributed by atoms with E-state index in [-0.39, 0.29) is 5.91 Å². The topological polar surface area (TPSA) is 72.2 Å². The molecule has 0 heterocycles. The number of urea groups is 1. The second kappa shape index (κ2) is 9.66. The van der Waals surface area contributed by atoms with Gasteiger partial charge in [0.1, 0.15) is 4.32 Å². The number of rotatable bonds is 4. The number of nitrogens with one attached hydrogen (secondary N) is 1.